The maximum Gasteiger partial charge on any atom is 0.104 e. The molecule has 9 rings (SSSR count). The standard InChI is InChI=1S/C39H24N4/c40-25-31-36(42-32-19-8-4-15-27(32)28-16-5-9-20-33(28)42)23-12-24-37(31)43-35-22-11-7-18-30(35)38-39(43)29-17-6-10-21-34(29)41(38)26-13-2-1-3-14-26/h1-24H. The van der Waals surface area contributed by atoms with Crippen LogP contribution >= 0.6 is 0 Å². The highest BCUT2D eigenvalue weighted by Crippen LogP contribution is 2.42. The average molecular weight is 549 g/mol. The zero-order valence-corrected chi connectivity index (χ0v) is 23.1. The van der Waals surface area contributed by atoms with Crippen molar-refractivity contribution in [3.63, 3.8) is 0 Å². The highest BCUT2D eigenvalue weighted by molar-refractivity contribution is 6.20. The van der Waals surface area contributed by atoms with Crippen LogP contribution in [0.3, 0.4) is 0 Å². The number of fused-ring (bicyclic) bond motifs is 8. The number of nitrogens with zero attached hydrogens (tertiary/aromatic N) is 4. The SMILES string of the molecule is N#Cc1c(-n2c3ccccc3c3ccccc32)cccc1-n1c2ccccc2c2c1c1ccccc1n2-c1ccccc1. The molecule has 0 aliphatic heterocycles. The monoisotopic (exact) mass is 548 g/mol. The molecule has 0 bridgehead atoms. The van der Waals surface area contributed by atoms with Gasteiger partial charge in [0, 0.05) is 27.2 Å². The van der Waals surface area contributed by atoms with Crippen molar-refractivity contribution in [1.82, 2.24) is 13.7 Å². The zero-order chi connectivity index (χ0) is 28.5. The number of hydrogen-bond acceptors (Lipinski definition) is 1. The minimum Gasteiger partial charge on any atom is -0.308 e. The molecule has 0 aliphatic rings. The zero-order valence-electron chi connectivity index (χ0n) is 23.1. The summed E-state index contributed by atoms with van der Waals surface area (Å²) in [6, 6.07) is 53.3. The topological polar surface area (TPSA) is 38.6 Å². The summed E-state index contributed by atoms with van der Waals surface area (Å²) in [5.74, 6) is 0. The van der Waals surface area contributed by atoms with Crippen LogP contribution in [0.25, 0.3) is 71.7 Å². The van der Waals surface area contributed by atoms with Crippen molar-refractivity contribution in [1.29, 1.82) is 5.26 Å². The van der Waals surface area contributed by atoms with E-state index in [9.17, 15) is 5.26 Å². The van der Waals surface area contributed by atoms with Crippen molar-refractivity contribution in [3.05, 3.63) is 151 Å². The van der Waals surface area contributed by atoms with Crippen molar-refractivity contribution >= 4 is 54.6 Å². The number of nitriles is 1. The minimum atomic E-state index is 0.633. The Morgan fingerprint density at radius 2 is 0.791 bits per heavy atom. The summed E-state index contributed by atoms with van der Waals surface area (Å²) in [6.45, 7) is 0. The molecule has 0 fully saturated rings. The second-order valence-electron chi connectivity index (χ2n) is 10.9. The maximum absolute atomic E-state index is 10.9. The molecular weight excluding hydrogens is 524 g/mol. The number of benzene rings is 6. The van der Waals surface area contributed by atoms with Crippen LogP contribution in [0.15, 0.2) is 146 Å². The number of para-hydroxylation sites is 5. The van der Waals surface area contributed by atoms with Crippen LogP contribution in [0, 0.1) is 11.3 Å². The van der Waals surface area contributed by atoms with Gasteiger partial charge in [0.1, 0.15) is 11.6 Å². The third-order valence-electron chi connectivity index (χ3n) is 8.68. The van der Waals surface area contributed by atoms with Gasteiger partial charge in [-0.1, -0.05) is 97.1 Å². The van der Waals surface area contributed by atoms with Gasteiger partial charge >= 0.3 is 0 Å². The smallest absolute Gasteiger partial charge is 0.104 e. The molecular formula is C39H24N4. The lowest BCUT2D eigenvalue weighted by Gasteiger charge is -2.15. The highest BCUT2D eigenvalue weighted by Gasteiger charge is 2.24. The van der Waals surface area contributed by atoms with E-state index in [2.05, 4.69) is 165 Å². The molecule has 200 valence electrons. The second kappa shape index (κ2) is 8.97. The van der Waals surface area contributed by atoms with E-state index in [4.69, 9.17) is 0 Å². The summed E-state index contributed by atoms with van der Waals surface area (Å²) < 4.78 is 6.89. The summed E-state index contributed by atoms with van der Waals surface area (Å²) in [4.78, 5) is 0. The van der Waals surface area contributed by atoms with Crippen molar-refractivity contribution in [2.75, 3.05) is 0 Å². The average Bonchev–Trinajstić information content (AvgIpc) is 3.70. The molecule has 3 aromatic heterocycles. The molecule has 0 atom stereocenters. The molecule has 0 saturated heterocycles. The van der Waals surface area contributed by atoms with E-state index in [-0.39, 0.29) is 0 Å². The van der Waals surface area contributed by atoms with Crippen LogP contribution in [-0.2, 0) is 0 Å². The first-order chi connectivity index (χ1) is 21.3. The van der Waals surface area contributed by atoms with Gasteiger partial charge in [0.05, 0.1) is 44.5 Å². The summed E-state index contributed by atoms with van der Waals surface area (Å²) in [5.41, 5.74) is 10.1. The van der Waals surface area contributed by atoms with Crippen molar-refractivity contribution in [2.45, 2.75) is 0 Å². The maximum atomic E-state index is 10.9. The van der Waals surface area contributed by atoms with Crippen LogP contribution in [0.4, 0.5) is 0 Å². The molecule has 0 N–H and O–H groups in total. The van der Waals surface area contributed by atoms with Gasteiger partial charge in [0.25, 0.3) is 0 Å². The highest BCUT2D eigenvalue weighted by atomic mass is 15.1. The third-order valence-corrected chi connectivity index (χ3v) is 8.68. The molecule has 3 heterocycles. The number of hydrogen-bond donors (Lipinski definition) is 0. The van der Waals surface area contributed by atoms with E-state index in [1.807, 2.05) is 0 Å². The minimum absolute atomic E-state index is 0.633. The summed E-state index contributed by atoms with van der Waals surface area (Å²) in [5, 5.41) is 15.5. The summed E-state index contributed by atoms with van der Waals surface area (Å²) in [6.07, 6.45) is 0. The Kier molecular flexibility index (Phi) is 4.93. The number of aromatic nitrogens is 3. The van der Waals surface area contributed by atoms with Crippen molar-refractivity contribution < 1.29 is 0 Å². The summed E-state index contributed by atoms with van der Waals surface area (Å²) in [7, 11) is 0. The van der Waals surface area contributed by atoms with Gasteiger partial charge < -0.3 is 13.7 Å². The Morgan fingerprint density at radius 3 is 1.35 bits per heavy atom. The Balaban J connectivity index is 1.45. The van der Waals surface area contributed by atoms with Crippen LogP contribution in [-0.4, -0.2) is 13.7 Å². The Labute approximate surface area is 247 Å². The molecule has 0 amide bonds. The molecule has 0 unspecified atom stereocenters. The van der Waals surface area contributed by atoms with Gasteiger partial charge in [-0.15, -0.1) is 0 Å². The van der Waals surface area contributed by atoms with Crippen LogP contribution in [0.2, 0.25) is 0 Å². The lowest BCUT2D eigenvalue weighted by Crippen LogP contribution is -2.03. The first-order valence-corrected chi connectivity index (χ1v) is 14.5. The molecule has 0 saturated carbocycles. The lowest BCUT2D eigenvalue weighted by molar-refractivity contribution is 1.12. The molecule has 0 spiro atoms. The fraction of sp³-hybridized carbons (Fsp3) is 0. The molecule has 43 heavy (non-hydrogen) atoms. The molecule has 4 nitrogen and oxygen atoms in total. The first-order valence-electron chi connectivity index (χ1n) is 14.5. The Morgan fingerprint density at radius 1 is 0.372 bits per heavy atom. The van der Waals surface area contributed by atoms with Gasteiger partial charge in [-0.25, -0.2) is 0 Å². The van der Waals surface area contributed by atoms with E-state index in [0.717, 1.165) is 60.9 Å². The van der Waals surface area contributed by atoms with Crippen LogP contribution < -0.4 is 0 Å². The molecule has 0 aliphatic carbocycles. The molecule has 0 radical (unpaired) electrons. The van der Waals surface area contributed by atoms with Crippen molar-refractivity contribution in [2.24, 2.45) is 0 Å². The Bertz CT molecular complexity index is 2510. The Hall–Kier alpha value is -6.05. The van der Waals surface area contributed by atoms with Gasteiger partial charge in [-0.3, -0.25) is 0 Å². The van der Waals surface area contributed by atoms with Crippen molar-refractivity contribution in [3.8, 4) is 23.1 Å². The van der Waals surface area contributed by atoms with E-state index in [0.29, 0.717) is 5.56 Å². The lowest BCUT2D eigenvalue weighted by atomic mass is 10.1. The fourth-order valence-corrected chi connectivity index (χ4v) is 6.98. The molecule has 4 heteroatoms. The first kappa shape index (κ1) is 23.6. The van der Waals surface area contributed by atoms with Crippen LogP contribution in [0.5, 0.6) is 0 Å². The van der Waals surface area contributed by atoms with E-state index in [1.165, 1.54) is 10.8 Å². The van der Waals surface area contributed by atoms with E-state index < -0.39 is 0 Å². The predicted octanol–water partition coefficient (Wildman–Crippen LogP) is 9.70. The number of rotatable bonds is 3. The van der Waals surface area contributed by atoms with Gasteiger partial charge in [0.15, 0.2) is 0 Å². The molecule has 9 aromatic rings. The normalized spacial score (nSPS) is 11.7. The summed E-state index contributed by atoms with van der Waals surface area (Å²) >= 11 is 0. The van der Waals surface area contributed by atoms with E-state index >= 15 is 0 Å². The largest absolute Gasteiger partial charge is 0.308 e. The van der Waals surface area contributed by atoms with E-state index in [1.54, 1.807) is 0 Å². The van der Waals surface area contributed by atoms with Gasteiger partial charge in [-0.2, -0.15) is 5.26 Å². The third kappa shape index (κ3) is 3.19. The molecule has 6 aromatic carbocycles. The quantitative estimate of drug-likeness (QED) is 0.217. The van der Waals surface area contributed by atoms with Gasteiger partial charge in [-0.05, 0) is 48.5 Å². The van der Waals surface area contributed by atoms with Gasteiger partial charge in [0.2, 0.25) is 0 Å². The van der Waals surface area contributed by atoms with Crippen LogP contribution in [0.1, 0.15) is 5.56 Å². The predicted molar refractivity (Wildman–Crippen MR) is 177 cm³/mol. The fourth-order valence-electron chi connectivity index (χ4n) is 6.98. The second-order valence-corrected chi connectivity index (χ2v) is 10.9.